The fourth-order valence-corrected chi connectivity index (χ4v) is 3.02. The van der Waals surface area contributed by atoms with E-state index in [0.29, 0.717) is 37.1 Å². The number of halogens is 3. The summed E-state index contributed by atoms with van der Waals surface area (Å²) < 4.78 is 44.3. The first-order chi connectivity index (χ1) is 12.0. The van der Waals surface area contributed by atoms with Crippen LogP contribution in [0.15, 0.2) is 24.3 Å². The van der Waals surface area contributed by atoms with Gasteiger partial charge in [0.2, 0.25) is 0 Å². The molecule has 1 aliphatic rings. The number of nitrogens with zero attached hydrogens (tertiary/aromatic N) is 2. The molecule has 1 aliphatic heterocycles. The third kappa shape index (κ3) is 3.89. The highest BCUT2D eigenvalue weighted by atomic mass is 19.4. The molecular weight excluding hydrogens is 347 g/mol. The van der Waals surface area contributed by atoms with E-state index in [9.17, 15) is 18.0 Å². The number of nitrogens with one attached hydrogen (secondary N) is 1. The Balaban J connectivity index is 1.76. The van der Waals surface area contributed by atoms with E-state index in [-0.39, 0.29) is 6.09 Å². The summed E-state index contributed by atoms with van der Waals surface area (Å²) in [5.41, 5.74) is -0.131. The average Bonchev–Trinajstić information content (AvgIpc) is 2.98. The topological polar surface area (TPSA) is 48.6 Å². The molecule has 2 heterocycles. The summed E-state index contributed by atoms with van der Waals surface area (Å²) in [5.74, 6) is 0. The van der Waals surface area contributed by atoms with Gasteiger partial charge >= 0.3 is 12.3 Å². The molecule has 1 N–H and O–H groups in total. The molecule has 0 bridgehead atoms. The molecule has 1 saturated heterocycles. The van der Waals surface area contributed by atoms with Crippen molar-refractivity contribution in [2.24, 2.45) is 0 Å². The van der Waals surface area contributed by atoms with E-state index in [1.54, 1.807) is 23.1 Å². The number of ether oxygens (including phenoxy) is 1. The summed E-state index contributed by atoms with van der Waals surface area (Å²) in [7, 11) is 0. The minimum Gasteiger partial charge on any atom is -0.444 e. The maximum absolute atomic E-state index is 13.0. The maximum atomic E-state index is 13.0. The Morgan fingerprint density at radius 1 is 1.12 bits per heavy atom. The zero-order chi connectivity index (χ0) is 19.1. The summed E-state index contributed by atoms with van der Waals surface area (Å²) in [4.78, 5) is 18.2. The Morgan fingerprint density at radius 2 is 1.77 bits per heavy atom. The van der Waals surface area contributed by atoms with Gasteiger partial charge in [0.15, 0.2) is 0 Å². The van der Waals surface area contributed by atoms with Crippen molar-refractivity contribution in [2.75, 3.05) is 31.1 Å². The van der Waals surface area contributed by atoms with Crippen LogP contribution in [0.5, 0.6) is 0 Å². The molecule has 0 saturated carbocycles. The number of amides is 1. The highest BCUT2D eigenvalue weighted by Crippen LogP contribution is 2.35. The molecule has 26 heavy (non-hydrogen) atoms. The lowest BCUT2D eigenvalue weighted by Crippen LogP contribution is -2.50. The third-order valence-corrected chi connectivity index (χ3v) is 4.22. The maximum Gasteiger partial charge on any atom is 0.431 e. The van der Waals surface area contributed by atoms with Crippen LogP contribution in [0.2, 0.25) is 0 Å². The second-order valence-corrected chi connectivity index (χ2v) is 7.37. The van der Waals surface area contributed by atoms with Crippen LogP contribution in [-0.4, -0.2) is 47.8 Å². The van der Waals surface area contributed by atoms with Crippen molar-refractivity contribution < 1.29 is 22.7 Å². The Hall–Kier alpha value is -2.38. The van der Waals surface area contributed by atoms with E-state index in [1.807, 2.05) is 25.7 Å². The summed E-state index contributed by atoms with van der Waals surface area (Å²) in [6.45, 7) is 7.42. The number of anilines is 1. The zero-order valence-electron chi connectivity index (χ0n) is 15.0. The molecule has 5 nitrogen and oxygen atoms in total. The second-order valence-electron chi connectivity index (χ2n) is 7.37. The van der Waals surface area contributed by atoms with E-state index >= 15 is 0 Å². The number of hydrogen-bond donors (Lipinski definition) is 1. The van der Waals surface area contributed by atoms with Gasteiger partial charge in [-0.2, -0.15) is 13.2 Å². The van der Waals surface area contributed by atoms with E-state index < -0.39 is 17.5 Å². The van der Waals surface area contributed by atoms with Gasteiger partial charge in [0.1, 0.15) is 11.3 Å². The van der Waals surface area contributed by atoms with E-state index in [4.69, 9.17) is 4.74 Å². The summed E-state index contributed by atoms with van der Waals surface area (Å²) >= 11 is 0. The van der Waals surface area contributed by atoms with Gasteiger partial charge in [-0.3, -0.25) is 0 Å². The molecule has 3 rings (SSSR count). The van der Waals surface area contributed by atoms with Gasteiger partial charge in [-0.05, 0) is 39.0 Å². The standard InChI is InChI=1S/C18H22F3N3O2/c1-17(2,3)26-16(25)24-9-7-23(8-10-24)14-6-4-5-13-12(14)11-15(22-13)18(19,20)21/h4-6,11,22H,7-10H2,1-3H3. The highest BCUT2D eigenvalue weighted by Gasteiger charge is 2.33. The molecule has 1 aromatic heterocycles. The molecule has 0 radical (unpaired) electrons. The average molecular weight is 369 g/mol. The lowest BCUT2D eigenvalue weighted by Gasteiger charge is -2.37. The van der Waals surface area contributed by atoms with Crippen LogP contribution >= 0.6 is 0 Å². The molecule has 8 heteroatoms. The van der Waals surface area contributed by atoms with Gasteiger partial charge < -0.3 is 19.5 Å². The van der Waals surface area contributed by atoms with Crippen LogP contribution in [-0.2, 0) is 10.9 Å². The predicted molar refractivity (Wildman–Crippen MR) is 93.3 cm³/mol. The highest BCUT2D eigenvalue weighted by molar-refractivity contribution is 5.93. The first-order valence-electron chi connectivity index (χ1n) is 8.46. The van der Waals surface area contributed by atoms with Crippen molar-refractivity contribution in [1.82, 2.24) is 9.88 Å². The summed E-state index contributed by atoms with van der Waals surface area (Å²) in [5, 5.41) is 0.533. The monoisotopic (exact) mass is 369 g/mol. The first-order valence-corrected chi connectivity index (χ1v) is 8.46. The number of fused-ring (bicyclic) bond motifs is 1. The lowest BCUT2D eigenvalue weighted by molar-refractivity contribution is -0.140. The molecule has 142 valence electrons. The number of carbonyl (C=O) groups excluding carboxylic acids is 1. The molecular formula is C18H22F3N3O2. The van der Waals surface area contributed by atoms with Crippen molar-refractivity contribution in [3.8, 4) is 0 Å². The summed E-state index contributed by atoms with van der Waals surface area (Å²) in [6.07, 6.45) is -4.78. The number of alkyl halides is 3. The first kappa shape index (κ1) is 18.4. The van der Waals surface area contributed by atoms with Crippen LogP contribution in [0.25, 0.3) is 10.9 Å². The third-order valence-electron chi connectivity index (χ3n) is 4.22. The smallest absolute Gasteiger partial charge is 0.431 e. The lowest BCUT2D eigenvalue weighted by atomic mass is 10.1. The quantitative estimate of drug-likeness (QED) is 0.818. The van der Waals surface area contributed by atoms with E-state index in [2.05, 4.69) is 4.98 Å². The van der Waals surface area contributed by atoms with Gasteiger partial charge in [-0.15, -0.1) is 0 Å². The second kappa shape index (κ2) is 6.41. The van der Waals surface area contributed by atoms with Gasteiger partial charge in [-0.1, -0.05) is 6.07 Å². The minimum absolute atomic E-state index is 0.364. The van der Waals surface area contributed by atoms with Gasteiger partial charge in [0.05, 0.1) is 0 Å². The van der Waals surface area contributed by atoms with Crippen molar-refractivity contribution in [2.45, 2.75) is 32.5 Å². The fraction of sp³-hybridized carbons (Fsp3) is 0.500. The zero-order valence-corrected chi connectivity index (χ0v) is 15.0. The molecule has 1 fully saturated rings. The van der Waals surface area contributed by atoms with Crippen molar-refractivity contribution in [3.05, 3.63) is 30.0 Å². The van der Waals surface area contributed by atoms with Crippen molar-refractivity contribution in [1.29, 1.82) is 0 Å². The van der Waals surface area contributed by atoms with Gasteiger partial charge in [-0.25, -0.2) is 4.79 Å². The van der Waals surface area contributed by atoms with E-state index in [0.717, 1.165) is 11.8 Å². The normalized spacial score (nSPS) is 16.2. The number of rotatable bonds is 1. The SMILES string of the molecule is CC(C)(C)OC(=O)N1CCN(c2cccc3[nH]c(C(F)(F)F)cc23)CC1. The molecule has 1 amide bonds. The number of aromatic amines is 1. The molecule has 2 aromatic rings. The van der Waals surface area contributed by atoms with Crippen LogP contribution in [0.3, 0.4) is 0 Å². The number of hydrogen-bond acceptors (Lipinski definition) is 3. The number of H-pyrrole nitrogens is 1. The fourth-order valence-electron chi connectivity index (χ4n) is 3.02. The van der Waals surface area contributed by atoms with E-state index in [1.165, 1.54) is 0 Å². The van der Waals surface area contributed by atoms with Gasteiger partial charge in [0.25, 0.3) is 0 Å². The van der Waals surface area contributed by atoms with Crippen LogP contribution in [0.1, 0.15) is 26.5 Å². The molecule has 0 aliphatic carbocycles. The minimum atomic E-state index is -4.41. The molecule has 1 aromatic carbocycles. The largest absolute Gasteiger partial charge is 0.444 e. The number of benzene rings is 1. The Morgan fingerprint density at radius 3 is 2.35 bits per heavy atom. The van der Waals surface area contributed by atoms with Gasteiger partial charge in [0, 0.05) is 42.8 Å². The van der Waals surface area contributed by atoms with Crippen LogP contribution in [0.4, 0.5) is 23.7 Å². The predicted octanol–water partition coefficient (Wildman–Crippen LogP) is 4.24. The number of carbonyl (C=O) groups is 1. The van der Waals surface area contributed by atoms with Crippen molar-refractivity contribution in [3.63, 3.8) is 0 Å². The van der Waals surface area contributed by atoms with Crippen LogP contribution < -0.4 is 4.90 Å². The van der Waals surface area contributed by atoms with Crippen molar-refractivity contribution >= 4 is 22.7 Å². The van der Waals surface area contributed by atoms with Crippen LogP contribution in [0, 0.1) is 0 Å². The molecule has 0 atom stereocenters. The Kier molecular flexibility index (Phi) is 4.54. The molecule has 0 spiro atoms. The molecule has 0 unspecified atom stereocenters. The Bertz CT molecular complexity index is 800. The Labute approximate surface area is 149 Å². The number of aromatic nitrogens is 1. The summed E-state index contributed by atoms with van der Waals surface area (Å²) in [6, 6.07) is 6.31. The number of piperazine rings is 1.